The van der Waals surface area contributed by atoms with E-state index in [1.165, 1.54) is 35.2 Å². The van der Waals surface area contributed by atoms with Gasteiger partial charge in [-0.05, 0) is 36.4 Å². The van der Waals surface area contributed by atoms with Crippen molar-refractivity contribution in [1.29, 1.82) is 0 Å². The van der Waals surface area contributed by atoms with Crippen LogP contribution in [0.15, 0.2) is 58.9 Å². The van der Waals surface area contributed by atoms with E-state index >= 15 is 0 Å². The van der Waals surface area contributed by atoms with Gasteiger partial charge in [0.05, 0.1) is 11.4 Å². The van der Waals surface area contributed by atoms with Crippen LogP contribution < -0.4 is 5.32 Å². The van der Waals surface area contributed by atoms with Crippen LogP contribution in [0.5, 0.6) is 0 Å². The Morgan fingerprint density at radius 1 is 1.17 bits per heavy atom. The van der Waals surface area contributed by atoms with Gasteiger partial charge < -0.3 is 5.32 Å². The molecule has 1 N–H and O–H groups in total. The van der Waals surface area contributed by atoms with E-state index in [2.05, 4.69) is 15.3 Å². The van der Waals surface area contributed by atoms with Crippen molar-refractivity contribution in [2.75, 3.05) is 11.1 Å². The lowest BCUT2D eigenvalue weighted by Gasteiger charge is -2.02. The summed E-state index contributed by atoms with van der Waals surface area (Å²) in [5, 5.41) is 5.15. The van der Waals surface area contributed by atoms with Crippen LogP contribution in [0.1, 0.15) is 0 Å². The number of rotatable bonds is 5. The minimum absolute atomic E-state index is 0.152. The molecule has 2 aromatic heterocycles. The molecule has 23 heavy (non-hydrogen) atoms. The molecule has 0 saturated heterocycles. The zero-order chi connectivity index (χ0) is 16.1. The number of carbonyl (C=O) groups is 1. The van der Waals surface area contributed by atoms with Crippen molar-refractivity contribution < 1.29 is 9.18 Å². The molecule has 0 spiro atoms. The van der Waals surface area contributed by atoms with Crippen molar-refractivity contribution in [3.05, 3.63) is 59.9 Å². The largest absolute Gasteiger partial charge is 0.301 e. The van der Waals surface area contributed by atoms with Gasteiger partial charge in [0.1, 0.15) is 11.5 Å². The van der Waals surface area contributed by atoms with E-state index in [-0.39, 0.29) is 17.5 Å². The maximum atomic E-state index is 12.8. The normalized spacial score (nSPS) is 10.5. The summed E-state index contributed by atoms with van der Waals surface area (Å²) >= 11 is 2.70. The SMILES string of the molecule is O=C(CSc1ccc(F)cc1)Nc1nc(-c2ccccn2)cs1. The van der Waals surface area contributed by atoms with Crippen LogP contribution >= 0.6 is 23.1 Å². The third-order valence-electron chi connectivity index (χ3n) is 2.86. The number of amides is 1. The van der Waals surface area contributed by atoms with Crippen LogP contribution in [0, 0.1) is 5.82 Å². The lowest BCUT2D eigenvalue weighted by atomic mass is 10.3. The van der Waals surface area contributed by atoms with Gasteiger partial charge in [-0.1, -0.05) is 6.07 Å². The van der Waals surface area contributed by atoms with E-state index in [4.69, 9.17) is 0 Å². The van der Waals surface area contributed by atoms with Crippen molar-refractivity contribution in [3.63, 3.8) is 0 Å². The highest BCUT2D eigenvalue weighted by Gasteiger charge is 2.09. The summed E-state index contributed by atoms with van der Waals surface area (Å²) in [5.74, 6) is -0.200. The van der Waals surface area contributed by atoms with E-state index in [0.29, 0.717) is 5.13 Å². The monoisotopic (exact) mass is 345 g/mol. The van der Waals surface area contributed by atoms with E-state index < -0.39 is 0 Å². The standard InChI is InChI=1S/C16H12FN3OS2/c17-11-4-6-12(7-5-11)22-10-15(21)20-16-19-14(9-23-16)13-3-1-2-8-18-13/h1-9H,10H2,(H,19,20,21). The van der Waals surface area contributed by atoms with E-state index in [0.717, 1.165) is 16.3 Å². The number of carbonyl (C=O) groups excluding carboxylic acids is 1. The Kier molecular flexibility index (Phi) is 4.99. The molecule has 4 nitrogen and oxygen atoms in total. The zero-order valence-corrected chi connectivity index (χ0v) is 13.5. The van der Waals surface area contributed by atoms with Gasteiger partial charge in [0, 0.05) is 16.5 Å². The summed E-state index contributed by atoms with van der Waals surface area (Å²) in [4.78, 5) is 21.4. The second-order valence-electron chi connectivity index (χ2n) is 4.54. The number of nitrogens with one attached hydrogen (secondary N) is 1. The maximum Gasteiger partial charge on any atom is 0.236 e. The quantitative estimate of drug-likeness (QED) is 0.708. The Labute approximate surface area is 140 Å². The molecule has 0 aliphatic rings. The van der Waals surface area contributed by atoms with Crippen molar-refractivity contribution in [2.24, 2.45) is 0 Å². The Morgan fingerprint density at radius 2 is 2.00 bits per heavy atom. The number of hydrogen-bond donors (Lipinski definition) is 1. The topological polar surface area (TPSA) is 54.9 Å². The first-order chi connectivity index (χ1) is 11.2. The Morgan fingerprint density at radius 3 is 2.74 bits per heavy atom. The minimum Gasteiger partial charge on any atom is -0.301 e. The van der Waals surface area contributed by atoms with Crippen molar-refractivity contribution >= 4 is 34.1 Å². The Bertz CT molecular complexity index is 791. The first kappa shape index (κ1) is 15.6. The number of nitrogens with zero attached hydrogens (tertiary/aromatic N) is 2. The molecule has 0 bridgehead atoms. The molecule has 116 valence electrons. The molecule has 0 saturated carbocycles. The molecule has 3 rings (SSSR count). The average Bonchev–Trinajstić information content (AvgIpc) is 3.04. The molecule has 0 unspecified atom stereocenters. The number of halogens is 1. The molecule has 7 heteroatoms. The van der Waals surface area contributed by atoms with Crippen molar-refractivity contribution in [1.82, 2.24) is 9.97 Å². The summed E-state index contributed by atoms with van der Waals surface area (Å²) in [6, 6.07) is 11.6. The number of benzene rings is 1. The Balaban J connectivity index is 1.56. The van der Waals surface area contributed by atoms with Crippen molar-refractivity contribution in [3.8, 4) is 11.4 Å². The van der Waals surface area contributed by atoms with Crippen LogP contribution in [-0.2, 0) is 4.79 Å². The first-order valence-electron chi connectivity index (χ1n) is 6.76. The predicted octanol–water partition coefficient (Wildman–Crippen LogP) is 4.08. The molecule has 1 aromatic carbocycles. The molecule has 0 radical (unpaired) electrons. The fraction of sp³-hybridized carbons (Fsp3) is 0.0625. The Hall–Kier alpha value is -2.25. The molecule has 0 atom stereocenters. The van der Waals surface area contributed by atoms with E-state index in [1.807, 2.05) is 23.6 Å². The number of pyridine rings is 1. The fourth-order valence-corrected chi connectivity index (χ4v) is 3.22. The summed E-state index contributed by atoms with van der Waals surface area (Å²) in [7, 11) is 0. The lowest BCUT2D eigenvalue weighted by molar-refractivity contribution is -0.113. The van der Waals surface area contributed by atoms with Gasteiger partial charge in [-0.3, -0.25) is 9.78 Å². The first-order valence-corrected chi connectivity index (χ1v) is 8.62. The van der Waals surface area contributed by atoms with Crippen LogP contribution in [-0.4, -0.2) is 21.6 Å². The van der Waals surface area contributed by atoms with Crippen LogP contribution in [0.3, 0.4) is 0 Å². The van der Waals surface area contributed by atoms with Crippen LogP contribution in [0.2, 0.25) is 0 Å². The van der Waals surface area contributed by atoms with Crippen LogP contribution in [0.4, 0.5) is 9.52 Å². The van der Waals surface area contributed by atoms with Gasteiger partial charge in [0.2, 0.25) is 5.91 Å². The lowest BCUT2D eigenvalue weighted by Crippen LogP contribution is -2.13. The summed E-state index contributed by atoms with van der Waals surface area (Å²) < 4.78 is 12.8. The highest BCUT2D eigenvalue weighted by molar-refractivity contribution is 8.00. The van der Waals surface area contributed by atoms with Gasteiger partial charge >= 0.3 is 0 Å². The van der Waals surface area contributed by atoms with Crippen LogP contribution in [0.25, 0.3) is 11.4 Å². The number of thioether (sulfide) groups is 1. The second kappa shape index (κ2) is 7.34. The number of aromatic nitrogens is 2. The van der Waals surface area contributed by atoms with Gasteiger partial charge in [-0.15, -0.1) is 23.1 Å². The molecular formula is C16H12FN3OS2. The third kappa shape index (κ3) is 4.37. The van der Waals surface area contributed by atoms with Crippen molar-refractivity contribution in [2.45, 2.75) is 4.90 Å². The molecule has 0 aliphatic carbocycles. The molecule has 3 aromatic rings. The molecule has 1 amide bonds. The van der Waals surface area contributed by atoms with Gasteiger partial charge in [-0.25, -0.2) is 9.37 Å². The minimum atomic E-state index is -0.288. The van der Waals surface area contributed by atoms with E-state index in [1.54, 1.807) is 18.3 Å². The molecular weight excluding hydrogens is 333 g/mol. The highest BCUT2D eigenvalue weighted by Crippen LogP contribution is 2.24. The number of anilines is 1. The summed E-state index contributed by atoms with van der Waals surface area (Å²) in [6.45, 7) is 0. The van der Waals surface area contributed by atoms with E-state index in [9.17, 15) is 9.18 Å². The highest BCUT2D eigenvalue weighted by atomic mass is 32.2. The fourth-order valence-electron chi connectivity index (χ4n) is 1.80. The zero-order valence-electron chi connectivity index (χ0n) is 11.9. The smallest absolute Gasteiger partial charge is 0.236 e. The maximum absolute atomic E-state index is 12.8. The molecule has 0 aliphatic heterocycles. The summed E-state index contributed by atoms with van der Waals surface area (Å²) in [6.07, 6.45) is 1.70. The van der Waals surface area contributed by atoms with Gasteiger partial charge in [0.25, 0.3) is 0 Å². The van der Waals surface area contributed by atoms with Gasteiger partial charge in [0.15, 0.2) is 5.13 Å². The average molecular weight is 345 g/mol. The molecule has 0 fully saturated rings. The number of thiazole rings is 1. The van der Waals surface area contributed by atoms with Gasteiger partial charge in [-0.2, -0.15) is 0 Å². The third-order valence-corrected chi connectivity index (χ3v) is 4.63. The second-order valence-corrected chi connectivity index (χ2v) is 6.45. The number of hydrogen-bond acceptors (Lipinski definition) is 5. The predicted molar refractivity (Wildman–Crippen MR) is 91.1 cm³/mol. The summed E-state index contributed by atoms with van der Waals surface area (Å²) in [5.41, 5.74) is 1.50. The molecule has 2 heterocycles.